The van der Waals surface area contributed by atoms with Gasteiger partial charge < -0.3 is 18.9 Å². The zero-order chi connectivity index (χ0) is 17.2. The molecule has 25 heavy (non-hydrogen) atoms. The van der Waals surface area contributed by atoms with Crippen LogP contribution in [-0.2, 0) is 4.74 Å². The molecule has 1 aliphatic rings. The summed E-state index contributed by atoms with van der Waals surface area (Å²) in [5.41, 5.74) is 4.62. The number of hydrogen-bond donors (Lipinski definition) is 0. The van der Waals surface area contributed by atoms with Crippen molar-refractivity contribution < 1.29 is 9.47 Å². The standard InChI is InChI=1S/C21H22N2O2/c1-16-7-9-18(10-8-16)22-12-11-17(15-22)21-23(13-14-25-21)19-5-3-4-6-20(19)24-2/h3-12,15,21H,13-14H2,1-2H3. The molecule has 1 atom stereocenters. The molecule has 2 heterocycles. The quantitative estimate of drug-likeness (QED) is 0.710. The maximum absolute atomic E-state index is 6.03. The molecule has 1 aliphatic heterocycles. The van der Waals surface area contributed by atoms with Gasteiger partial charge >= 0.3 is 0 Å². The SMILES string of the molecule is COc1ccccc1N1CCOC1c1ccn(-c2ccc(C)cc2)c1. The number of methoxy groups -OCH3 is 1. The minimum absolute atomic E-state index is 0.0944. The summed E-state index contributed by atoms with van der Waals surface area (Å²) in [4.78, 5) is 2.26. The Kier molecular flexibility index (Phi) is 4.20. The predicted molar refractivity (Wildman–Crippen MR) is 99.5 cm³/mol. The molecule has 1 saturated heterocycles. The van der Waals surface area contributed by atoms with Crippen LogP contribution in [0.5, 0.6) is 5.75 Å². The van der Waals surface area contributed by atoms with E-state index in [4.69, 9.17) is 9.47 Å². The van der Waals surface area contributed by atoms with Gasteiger partial charge in [0.05, 0.1) is 19.4 Å². The first kappa shape index (κ1) is 15.8. The second-order valence-corrected chi connectivity index (χ2v) is 6.28. The molecule has 0 saturated carbocycles. The van der Waals surface area contributed by atoms with E-state index in [9.17, 15) is 0 Å². The average molecular weight is 334 g/mol. The fraction of sp³-hybridized carbons (Fsp3) is 0.238. The van der Waals surface area contributed by atoms with Crippen molar-refractivity contribution in [1.29, 1.82) is 0 Å². The Bertz CT molecular complexity index is 854. The predicted octanol–water partition coefficient (Wildman–Crippen LogP) is 4.33. The van der Waals surface area contributed by atoms with E-state index < -0.39 is 0 Å². The van der Waals surface area contributed by atoms with Crippen molar-refractivity contribution in [3.05, 3.63) is 78.1 Å². The number of rotatable bonds is 4. The molecule has 0 spiro atoms. The maximum atomic E-state index is 6.03. The topological polar surface area (TPSA) is 26.6 Å². The third-order valence-corrected chi connectivity index (χ3v) is 4.62. The van der Waals surface area contributed by atoms with Crippen molar-refractivity contribution >= 4 is 5.69 Å². The van der Waals surface area contributed by atoms with Crippen LogP contribution in [-0.4, -0.2) is 24.8 Å². The second kappa shape index (κ2) is 6.65. The molecule has 0 aliphatic carbocycles. The number of benzene rings is 2. The van der Waals surface area contributed by atoms with E-state index in [2.05, 4.69) is 65.2 Å². The smallest absolute Gasteiger partial charge is 0.158 e. The summed E-state index contributed by atoms with van der Waals surface area (Å²) in [5, 5.41) is 0. The van der Waals surface area contributed by atoms with Gasteiger partial charge in [-0.1, -0.05) is 29.8 Å². The molecule has 4 nitrogen and oxygen atoms in total. The van der Waals surface area contributed by atoms with Gasteiger partial charge in [-0.3, -0.25) is 0 Å². The van der Waals surface area contributed by atoms with Gasteiger partial charge in [0.2, 0.25) is 0 Å². The first-order chi connectivity index (χ1) is 12.3. The first-order valence-corrected chi connectivity index (χ1v) is 8.52. The molecule has 4 rings (SSSR count). The molecule has 1 fully saturated rings. The van der Waals surface area contributed by atoms with Gasteiger partial charge in [0, 0.05) is 30.2 Å². The molecular formula is C21H22N2O2. The van der Waals surface area contributed by atoms with Gasteiger partial charge in [-0.15, -0.1) is 0 Å². The lowest BCUT2D eigenvalue weighted by molar-refractivity contribution is 0.113. The van der Waals surface area contributed by atoms with Crippen LogP contribution in [0.1, 0.15) is 17.4 Å². The molecular weight excluding hydrogens is 312 g/mol. The van der Waals surface area contributed by atoms with E-state index in [-0.39, 0.29) is 6.23 Å². The summed E-state index contributed by atoms with van der Waals surface area (Å²) in [5.74, 6) is 0.871. The lowest BCUT2D eigenvalue weighted by Gasteiger charge is -2.26. The normalized spacial score (nSPS) is 17.0. The molecule has 0 radical (unpaired) electrons. The van der Waals surface area contributed by atoms with Crippen LogP contribution in [0.4, 0.5) is 5.69 Å². The highest BCUT2D eigenvalue weighted by atomic mass is 16.5. The highest BCUT2D eigenvalue weighted by Crippen LogP contribution is 2.37. The van der Waals surface area contributed by atoms with E-state index in [1.807, 2.05) is 18.2 Å². The van der Waals surface area contributed by atoms with Crippen LogP contribution in [0.3, 0.4) is 0 Å². The summed E-state index contributed by atoms with van der Waals surface area (Å²) in [7, 11) is 1.71. The monoisotopic (exact) mass is 334 g/mol. The Hall–Kier alpha value is -2.72. The third-order valence-electron chi connectivity index (χ3n) is 4.62. The van der Waals surface area contributed by atoms with Gasteiger partial charge in [0.1, 0.15) is 5.75 Å². The van der Waals surface area contributed by atoms with Crippen molar-refractivity contribution in [3.63, 3.8) is 0 Å². The van der Waals surface area contributed by atoms with Crippen LogP contribution < -0.4 is 9.64 Å². The van der Waals surface area contributed by atoms with E-state index in [0.29, 0.717) is 6.61 Å². The molecule has 0 bridgehead atoms. The minimum Gasteiger partial charge on any atom is -0.495 e. The van der Waals surface area contributed by atoms with Crippen LogP contribution in [0.2, 0.25) is 0 Å². The summed E-state index contributed by atoms with van der Waals surface area (Å²) < 4.78 is 13.7. The number of ether oxygens (including phenoxy) is 2. The average Bonchev–Trinajstić information content (AvgIpc) is 3.31. The molecule has 3 aromatic rings. The van der Waals surface area contributed by atoms with Gasteiger partial charge in [-0.2, -0.15) is 0 Å². The largest absolute Gasteiger partial charge is 0.495 e. The Morgan fingerprint density at radius 2 is 1.84 bits per heavy atom. The van der Waals surface area contributed by atoms with Crippen molar-refractivity contribution in [2.24, 2.45) is 0 Å². The molecule has 4 heteroatoms. The van der Waals surface area contributed by atoms with Gasteiger partial charge in [-0.05, 0) is 37.3 Å². The molecule has 1 aromatic heterocycles. The number of hydrogen-bond acceptors (Lipinski definition) is 3. The fourth-order valence-corrected chi connectivity index (χ4v) is 3.30. The molecule has 128 valence electrons. The van der Waals surface area contributed by atoms with E-state index >= 15 is 0 Å². The number of nitrogens with zero attached hydrogens (tertiary/aromatic N) is 2. The fourth-order valence-electron chi connectivity index (χ4n) is 3.30. The zero-order valence-electron chi connectivity index (χ0n) is 14.6. The van der Waals surface area contributed by atoms with E-state index in [1.54, 1.807) is 7.11 Å². The van der Waals surface area contributed by atoms with Gasteiger partial charge in [0.25, 0.3) is 0 Å². The van der Waals surface area contributed by atoms with Crippen LogP contribution in [0.15, 0.2) is 67.0 Å². The lowest BCUT2D eigenvalue weighted by atomic mass is 10.2. The van der Waals surface area contributed by atoms with Crippen LogP contribution in [0.25, 0.3) is 5.69 Å². The number of para-hydroxylation sites is 2. The number of anilines is 1. The lowest BCUT2D eigenvalue weighted by Crippen LogP contribution is -2.23. The molecule has 0 amide bonds. The number of aryl methyl sites for hydroxylation is 1. The first-order valence-electron chi connectivity index (χ1n) is 8.52. The van der Waals surface area contributed by atoms with Crippen LogP contribution >= 0.6 is 0 Å². The Balaban J connectivity index is 1.64. The van der Waals surface area contributed by atoms with Crippen molar-refractivity contribution in [1.82, 2.24) is 4.57 Å². The number of aromatic nitrogens is 1. The minimum atomic E-state index is -0.0944. The summed E-state index contributed by atoms with van der Waals surface area (Å²) >= 11 is 0. The second-order valence-electron chi connectivity index (χ2n) is 6.28. The molecule has 0 N–H and O–H groups in total. The van der Waals surface area contributed by atoms with Gasteiger partial charge in [-0.25, -0.2) is 0 Å². The third kappa shape index (κ3) is 3.01. The van der Waals surface area contributed by atoms with Crippen LogP contribution in [0, 0.1) is 6.92 Å². The van der Waals surface area contributed by atoms with E-state index in [1.165, 1.54) is 5.56 Å². The summed E-state index contributed by atoms with van der Waals surface area (Å²) in [6, 6.07) is 18.7. The van der Waals surface area contributed by atoms with Crippen molar-refractivity contribution in [2.75, 3.05) is 25.2 Å². The highest BCUT2D eigenvalue weighted by molar-refractivity contribution is 5.60. The Morgan fingerprint density at radius 1 is 1.04 bits per heavy atom. The Labute approximate surface area is 148 Å². The molecule has 1 unspecified atom stereocenters. The maximum Gasteiger partial charge on any atom is 0.158 e. The van der Waals surface area contributed by atoms with Crippen molar-refractivity contribution in [2.45, 2.75) is 13.2 Å². The zero-order valence-corrected chi connectivity index (χ0v) is 14.6. The molecule has 2 aromatic carbocycles. The summed E-state index contributed by atoms with van der Waals surface area (Å²) in [6.45, 7) is 3.65. The van der Waals surface area contributed by atoms with E-state index in [0.717, 1.165) is 29.2 Å². The summed E-state index contributed by atoms with van der Waals surface area (Å²) in [6.07, 6.45) is 4.13. The highest BCUT2D eigenvalue weighted by Gasteiger charge is 2.29. The van der Waals surface area contributed by atoms with Gasteiger partial charge in [0.15, 0.2) is 6.23 Å². The Morgan fingerprint density at radius 3 is 2.64 bits per heavy atom. The van der Waals surface area contributed by atoms with Crippen molar-refractivity contribution in [3.8, 4) is 11.4 Å².